The van der Waals surface area contributed by atoms with Crippen molar-refractivity contribution in [2.24, 2.45) is 11.3 Å². The average Bonchev–Trinajstić information content (AvgIpc) is 3.02. The van der Waals surface area contributed by atoms with Gasteiger partial charge in [0.05, 0.1) is 6.61 Å². The van der Waals surface area contributed by atoms with Crippen molar-refractivity contribution in [2.75, 3.05) is 6.61 Å². The molecule has 1 rings (SSSR count). The Morgan fingerprint density at radius 1 is 1.50 bits per heavy atom. The van der Waals surface area contributed by atoms with Gasteiger partial charge >= 0.3 is 5.97 Å². The third-order valence-corrected chi connectivity index (χ3v) is 3.19. The van der Waals surface area contributed by atoms with E-state index in [1.165, 1.54) is 0 Å². The van der Waals surface area contributed by atoms with Crippen LogP contribution in [0.3, 0.4) is 0 Å². The topological polar surface area (TPSA) is 43.4 Å². The molecular formula is C13H20O3. The Balaban J connectivity index is 2.71. The largest absolute Gasteiger partial charge is 0.465 e. The van der Waals surface area contributed by atoms with Gasteiger partial charge in [-0.15, -0.1) is 6.58 Å². The molecule has 0 aromatic rings. The number of carbonyl (C=O) groups is 2. The highest BCUT2D eigenvalue weighted by atomic mass is 16.5. The van der Waals surface area contributed by atoms with Gasteiger partial charge in [-0.3, -0.25) is 9.59 Å². The quantitative estimate of drug-likeness (QED) is 0.379. The monoisotopic (exact) mass is 224 g/mol. The number of allylic oxidation sites excluding steroid dienone is 1. The van der Waals surface area contributed by atoms with Crippen molar-refractivity contribution < 1.29 is 14.3 Å². The van der Waals surface area contributed by atoms with Crippen LogP contribution >= 0.6 is 0 Å². The molecule has 1 fully saturated rings. The SMILES string of the molecule is C=CC1CC1(C(=O)CCCC)C(=O)OCC. The Kier molecular flexibility index (Phi) is 4.27. The second-order valence-corrected chi connectivity index (χ2v) is 4.26. The predicted molar refractivity (Wildman–Crippen MR) is 61.9 cm³/mol. The van der Waals surface area contributed by atoms with E-state index in [-0.39, 0.29) is 17.7 Å². The second kappa shape index (κ2) is 5.28. The smallest absolute Gasteiger partial charge is 0.320 e. The van der Waals surface area contributed by atoms with Crippen molar-refractivity contribution in [3.63, 3.8) is 0 Å². The fourth-order valence-electron chi connectivity index (χ4n) is 2.06. The molecule has 3 nitrogen and oxygen atoms in total. The lowest BCUT2D eigenvalue weighted by molar-refractivity contribution is -0.154. The average molecular weight is 224 g/mol. The Hall–Kier alpha value is -1.12. The lowest BCUT2D eigenvalue weighted by Gasteiger charge is -2.13. The molecule has 16 heavy (non-hydrogen) atoms. The second-order valence-electron chi connectivity index (χ2n) is 4.26. The number of carbonyl (C=O) groups excluding carboxylic acids is 2. The zero-order valence-electron chi connectivity index (χ0n) is 10.1. The van der Waals surface area contributed by atoms with Crippen LogP contribution in [0.2, 0.25) is 0 Å². The Morgan fingerprint density at radius 3 is 2.62 bits per heavy atom. The molecule has 0 aromatic carbocycles. The molecule has 0 aromatic heterocycles. The molecule has 1 aliphatic rings. The van der Waals surface area contributed by atoms with Crippen molar-refractivity contribution in [2.45, 2.75) is 39.5 Å². The summed E-state index contributed by atoms with van der Waals surface area (Å²) in [6.45, 7) is 7.78. The minimum Gasteiger partial charge on any atom is -0.465 e. The van der Waals surface area contributed by atoms with E-state index in [0.29, 0.717) is 19.4 Å². The van der Waals surface area contributed by atoms with Crippen LogP contribution in [0.5, 0.6) is 0 Å². The first-order valence-electron chi connectivity index (χ1n) is 5.96. The first-order chi connectivity index (χ1) is 7.63. The molecule has 90 valence electrons. The van der Waals surface area contributed by atoms with E-state index >= 15 is 0 Å². The van der Waals surface area contributed by atoms with Crippen LogP contribution in [0.15, 0.2) is 12.7 Å². The van der Waals surface area contributed by atoms with Gasteiger partial charge in [-0.2, -0.15) is 0 Å². The van der Waals surface area contributed by atoms with Gasteiger partial charge in [0.2, 0.25) is 0 Å². The van der Waals surface area contributed by atoms with Gasteiger partial charge in [-0.05, 0) is 19.8 Å². The van der Waals surface area contributed by atoms with E-state index in [0.717, 1.165) is 12.8 Å². The molecule has 1 saturated carbocycles. The zero-order chi connectivity index (χ0) is 12.2. The van der Waals surface area contributed by atoms with E-state index in [1.54, 1.807) is 13.0 Å². The predicted octanol–water partition coefficient (Wildman–Crippen LogP) is 2.50. The molecular weight excluding hydrogens is 204 g/mol. The highest BCUT2D eigenvalue weighted by Crippen LogP contribution is 2.55. The molecule has 2 unspecified atom stereocenters. The molecule has 0 bridgehead atoms. The third-order valence-electron chi connectivity index (χ3n) is 3.19. The van der Waals surface area contributed by atoms with E-state index in [1.807, 2.05) is 6.92 Å². The Bertz CT molecular complexity index is 296. The van der Waals surface area contributed by atoms with E-state index in [9.17, 15) is 9.59 Å². The summed E-state index contributed by atoms with van der Waals surface area (Å²) in [6.07, 6.45) is 4.55. The molecule has 0 saturated heterocycles. The van der Waals surface area contributed by atoms with Crippen molar-refractivity contribution >= 4 is 11.8 Å². The lowest BCUT2D eigenvalue weighted by atomic mass is 9.94. The maximum absolute atomic E-state index is 12.0. The molecule has 2 atom stereocenters. The molecule has 0 radical (unpaired) electrons. The summed E-state index contributed by atoms with van der Waals surface area (Å²) in [5, 5.41) is 0. The Morgan fingerprint density at radius 2 is 2.19 bits per heavy atom. The van der Waals surface area contributed by atoms with E-state index in [4.69, 9.17) is 4.74 Å². The number of unbranched alkanes of at least 4 members (excludes halogenated alkanes) is 1. The summed E-state index contributed by atoms with van der Waals surface area (Å²) < 4.78 is 4.99. The number of ketones is 1. The first kappa shape index (κ1) is 12.9. The molecule has 0 aliphatic heterocycles. The van der Waals surface area contributed by atoms with Gasteiger partial charge in [-0.1, -0.05) is 19.4 Å². The van der Waals surface area contributed by atoms with E-state index < -0.39 is 5.41 Å². The number of ether oxygens (including phenoxy) is 1. The van der Waals surface area contributed by atoms with Gasteiger partial charge in [0.25, 0.3) is 0 Å². The van der Waals surface area contributed by atoms with Crippen molar-refractivity contribution in [3.05, 3.63) is 12.7 Å². The van der Waals surface area contributed by atoms with Gasteiger partial charge in [0.1, 0.15) is 5.41 Å². The fraction of sp³-hybridized carbons (Fsp3) is 0.692. The van der Waals surface area contributed by atoms with Crippen molar-refractivity contribution in [3.8, 4) is 0 Å². The van der Waals surface area contributed by atoms with Crippen LogP contribution in [-0.2, 0) is 14.3 Å². The van der Waals surface area contributed by atoms with Crippen LogP contribution in [-0.4, -0.2) is 18.4 Å². The first-order valence-corrected chi connectivity index (χ1v) is 5.96. The summed E-state index contributed by atoms with van der Waals surface area (Å²) in [7, 11) is 0. The maximum atomic E-state index is 12.0. The molecule has 0 amide bonds. The highest BCUT2D eigenvalue weighted by molar-refractivity contribution is 6.07. The number of Topliss-reactive ketones (excluding diaryl/α,β-unsaturated/α-hetero) is 1. The number of hydrogen-bond acceptors (Lipinski definition) is 3. The number of rotatable bonds is 7. The van der Waals surface area contributed by atoms with Crippen LogP contribution in [0.1, 0.15) is 39.5 Å². The van der Waals surface area contributed by atoms with Crippen molar-refractivity contribution in [1.29, 1.82) is 0 Å². The zero-order valence-corrected chi connectivity index (χ0v) is 10.1. The summed E-state index contributed by atoms with van der Waals surface area (Å²) in [5.41, 5.74) is -0.882. The van der Waals surface area contributed by atoms with Crippen molar-refractivity contribution in [1.82, 2.24) is 0 Å². The third kappa shape index (κ3) is 2.18. The highest BCUT2D eigenvalue weighted by Gasteiger charge is 2.64. The lowest BCUT2D eigenvalue weighted by Crippen LogP contribution is -2.29. The van der Waals surface area contributed by atoms with Crippen LogP contribution in [0.4, 0.5) is 0 Å². The standard InChI is InChI=1S/C13H20O3/c1-4-7-8-11(14)13(9-10(13)5-2)12(15)16-6-3/h5,10H,2,4,6-9H2,1,3H3. The molecule has 0 spiro atoms. The maximum Gasteiger partial charge on any atom is 0.320 e. The molecule has 3 heteroatoms. The van der Waals surface area contributed by atoms with Gasteiger partial charge in [0, 0.05) is 12.3 Å². The Labute approximate surface area is 96.9 Å². The molecule has 0 heterocycles. The van der Waals surface area contributed by atoms with Gasteiger partial charge < -0.3 is 4.74 Å². The fourth-order valence-corrected chi connectivity index (χ4v) is 2.06. The number of esters is 1. The van der Waals surface area contributed by atoms with Gasteiger partial charge in [-0.25, -0.2) is 0 Å². The van der Waals surface area contributed by atoms with Crippen LogP contribution in [0.25, 0.3) is 0 Å². The normalized spacial score (nSPS) is 27.2. The van der Waals surface area contributed by atoms with Crippen LogP contribution in [0, 0.1) is 11.3 Å². The summed E-state index contributed by atoms with van der Waals surface area (Å²) >= 11 is 0. The summed E-state index contributed by atoms with van der Waals surface area (Å²) in [4.78, 5) is 23.8. The van der Waals surface area contributed by atoms with E-state index in [2.05, 4.69) is 6.58 Å². The summed E-state index contributed by atoms with van der Waals surface area (Å²) in [5.74, 6) is -0.352. The minimum atomic E-state index is -0.882. The molecule has 0 N–H and O–H groups in total. The summed E-state index contributed by atoms with van der Waals surface area (Å²) in [6, 6.07) is 0. The van der Waals surface area contributed by atoms with Crippen LogP contribution < -0.4 is 0 Å². The number of hydrogen-bond donors (Lipinski definition) is 0. The minimum absolute atomic E-state index is 0.0177. The van der Waals surface area contributed by atoms with Gasteiger partial charge in [0.15, 0.2) is 5.78 Å². The molecule has 1 aliphatic carbocycles.